The third-order valence-corrected chi connectivity index (χ3v) is 5.28. The standard InChI is InChI=1S/C18H20N2O5S/c1-24-13-4-2-12(3-5-13)17-19-14(11-26-17)16(23)20-18(10-15(21)22)6-8-25-9-7-18/h2-5,11H,6-10H2,1H3,(H,20,23)(H,21,22). The number of carbonyl (C=O) groups excluding carboxylic acids is 1. The molecule has 0 aliphatic carbocycles. The van der Waals surface area contributed by atoms with Crippen LogP contribution in [-0.4, -0.2) is 47.8 Å². The molecule has 3 rings (SSSR count). The zero-order valence-corrected chi connectivity index (χ0v) is 15.2. The first kappa shape index (κ1) is 18.3. The second kappa shape index (κ2) is 7.84. The Hall–Kier alpha value is -2.45. The molecule has 0 atom stereocenters. The van der Waals surface area contributed by atoms with Crippen molar-refractivity contribution in [3.63, 3.8) is 0 Å². The van der Waals surface area contributed by atoms with Gasteiger partial charge in [0.25, 0.3) is 5.91 Å². The number of ether oxygens (including phenoxy) is 2. The number of carbonyl (C=O) groups is 2. The predicted octanol–water partition coefficient (Wildman–Crippen LogP) is 2.57. The van der Waals surface area contributed by atoms with Crippen LogP contribution < -0.4 is 10.1 Å². The van der Waals surface area contributed by atoms with Gasteiger partial charge in [0.1, 0.15) is 16.5 Å². The summed E-state index contributed by atoms with van der Waals surface area (Å²) in [5, 5.41) is 14.5. The van der Waals surface area contributed by atoms with Gasteiger partial charge in [-0.25, -0.2) is 4.98 Å². The van der Waals surface area contributed by atoms with Crippen LogP contribution in [0, 0.1) is 0 Å². The van der Waals surface area contributed by atoms with Crippen LogP contribution in [0.2, 0.25) is 0 Å². The van der Waals surface area contributed by atoms with Crippen LogP contribution in [0.5, 0.6) is 5.75 Å². The number of nitrogens with one attached hydrogen (secondary N) is 1. The maximum atomic E-state index is 12.6. The van der Waals surface area contributed by atoms with E-state index in [1.165, 1.54) is 11.3 Å². The number of methoxy groups -OCH3 is 1. The minimum absolute atomic E-state index is 0.127. The van der Waals surface area contributed by atoms with Gasteiger partial charge in [0, 0.05) is 24.2 Å². The van der Waals surface area contributed by atoms with E-state index < -0.39 is 11.5 Å². The summed E-state index contributed by atoms with van der Waals surface area (Å²) in [5.74, 6) is -0.549. The maximum Gasteiger partial charge on any atom is 0.305 e. The van der Waals surface area contributed by atoms with Gasteiger partial charge in [-0.1, -0.05) is 0 Å². The Morgan fingerprint density at radius 3 is 2.62 bits per heavy atom. The number of carboxylic acid groups (broad SMARTS) is 1. The molecule has 1 aliphatic heterocycles. The van der Waals surface area contributed by atoms with Crippen LogP contribution in [0.3, 0.4) is 0 Å². The summed E-state index contributed by atoms with van der Waals surface area (Å²) >= 11 is 1.37. The molecule has 1 saturated heterocycles. The van der Waals surface area contributed by atoms with E-state index >= 15 is 0 Å². The van der Waals surface area contributed by atoms with E-state index in [0.29, 0.717) is 26.1 Å². The van der Waals surface area contributed by atoms with E-state index in [2.05, 4.69) is 10.3 Å². The predicted molar refractivity (Wildman–Crippen MR) is 96.6 cm³/mol. The van der Waals surface area contributed by atoms with Crippen molar-refractivity contribution in [1.82, 2.24) is 10.3 Å². The van der Waals surface area contributed by atoms with Gasteiger partial charge in [-0.3, -0.25) is 9.59 Å². The lowest BCUT2D eigenvalue weighted by atomic mass is 9.86. The number of amides is 1. The van der Waals surface area contributed by atoms with Crippen LogP contribution in [0.4, 0.5) is 0 Å². The Morgan fingerprint density at radius 2 is 2.00 bits per heavy atom. The van der Waals surface area contributed by atoms with E-state index in [1.54, 1.807) is 12.5 Å². The molecule has 26 heavy (non-hydrogen) atoms. The summed E-state index contributed by atoms with van der Waals surface area (Å²) in [5.41, 5.74) is 0.392. The molecule has 2 N–H and O–H groups in total. The fourth-order valence-electron chi connectivity index (χ4n) is 2.95. The van der Waals surface area contributed by atoms with E-state index in [1.807, 2.05) is 24.3 Å². The first-order valence-electron chi connectivity index (χ1n) is 8.23. The summed E-state index contributed by atoms with van der Waals surface area (Å²) in [7, 11) is 1.60. The molecule has 1 aliphatic rings. The SMILES string of the molecule is COc1ccc(-c2nc(C(=O)NC3(CC(=O)O)CCOCC3)cs2)cc1. The molecule has 0 bridgehead atoms. The van der Waals surface area contributed by atoms with Crippen LogP contribution in [-0.2, 0) is 9.53 Å². The number of aromatic nitrogens is 1. The van der Waals surface area contributed by atoms with Gasteiger partial charge in [-0.15, -0.1) is 11.3 Å². The lowest BCUT2D eigenvalue weighted by Gasteiger charge is -2.36. The summed E-state index contributed by atoms with van der Waals surface area (Å²) < 4.78 is 10.4. The van der Waals surface area contributed by atoms with Crippen LogP contribution >= 0.6 is 11.3 Å². The molecule has 2 heterocycles. The van der Waals surface area contributed by atoms with Crippen molar-refractivity contribution in [2.75, 3.05) is 20.3 Å². The number of thiazole rings is 1. The van der Waals surface area contributed by atoms with Crippen molar-refractivity contribution in [2.24, 2.45) is 0 Å². The Labute approximate surface area is 155 Å². The molecule has 0 saturated carbocycles. The summed E-state index contributed by atoms with van der Waals surface area (Å²) in [6.45, 7) is 0.865. The minimum Gasteiger partial charge on any atom is -0.497 e. The average Bonchev–Trinajstić information content (AvgIpc) is 3.12. The van der Waals surface area contributed by atoms with E-state index in [9.17, 15) is 14.7 Å². The molecule has 1 amide bonds. The van der Waals surface area contributed by atoms with Gasteiger partial charge in [-0.2, -0.15) is 0 Å². The Balaban J connectivity index is 1.75. The number of rotatable bonds is 6. The van der Waals surface area contributed by atoms with Crippen LogP contribution in [0.1, 0.15) is 29.8 Å². The normalized spacial score (nSPS) is 16.0. The van der Waals surface area contributed by atoms with E-state index in [-0.39, 0.29) is 18.0 Å². The van der Waals surface area contributed by atoms with Gasteiger partial charge < -0.3 is 19.9 Å². The van der Waals surface area contributed by atoms with Gasteiger partial charge in [0.15, 0.2) is 0 Å². The van der Waals surface area contributed by atoms with Gasteiger partial charge in [0.2, 0.25) is 0 Å². The number of hydrogen-bond acceptors (Lipinski definition) is 6. The molecule has 7 nitrogen and oxygen atoms in total. The number of hydrogen-bond donors (Lipinski definition) is 2. The molecular weight excluding hydrogens is 356 g/mol. The monoisotopic (exact) mass is 376 g/mol. The smallest absolute Gasteiger partial charge is 0.305 e. The van der Waals surface area contributed by atoms with Gasteiger partial charge in [0.05, 0.1) is 19.1 Å². The Kier molecular flexibility index (Phi) is 5.53. The van der Waals surface area contributed by atoms with Gasteiger partial charge >= 0.3 is 5.97 Å². The van der Waals surface area contributed by atoms with Crippen LogP contribution in [0.25, 0.3) is 10.6 Å². The molecule has 1 aromatic carbocycles. The molecule has 8 heteroatoms. The third kappa shape index (κ3) is 4.20. The number of carboxylic acids is 1. The van der Waals surface area contributed by atoms with E-state index in [0.717, 1.165) is 16.3 Å². The number of benzene rings is 1. The topological polar surface area (TPSA) is 97.8 Å². The molecule has 1 aromatic heterocycles. The third-order valence-electron chi connectivity index (χ3n) is 4.39. The van der Waals surface area contributed by atoms with Gasteiger partial charge in [-0.05, 0) is 37.1 Å². The van der Waals surface area contributed by atoms with Crippen molar-refractivity contribution < 1.29 is 24.2 Å². The molecule has 138 valence electrons. The summed E-state index contributed by atoms with van der Waals surface area (Å²) in [6.07, 6.45) is 0.818. The molecule has 0 radical (unpaired) electrons. The number of aliphatic carboxylic acids is 1. The zero-order chi connectivity index (χ0) is 18.6. The van der Waals surface area contributed by atoms with Crippen molar-refractivity contribution in [3.05, 3.63) is 35.3 Å². The highest BCUT2D eigenvalue weighted by atomic mass is 32.1. The van der Waals surface area contributed by atoms with E-state index in [4.69, 9.17) is 9.47 Å². The van der Waals surface area contributed by atoms with Crippen molar-refractivity contribution in [1.29, 1.82) is 0 Å². The van der Waals surface area contributed by atoms with Crippen molar-refractivity contribution in [2.45, 2.75) is 24.8 Å². The Morgan fingerprint density at radius 1 is 1.31 bits per heavy atom. The lowest BCUT2D eigenvalue weighted by molar-refractivity contribution is -0.139. The fraction of sp³-hybridized carbons (Fsp3) is 0.389. The zero-order valence-electron chi connectivity index (χ0n) is 14.4. The minimum atomic E-state index is -0.940. The Bertz CT molecular complexity index is 781. The van der Waals surface area contributed by atoms with Crippen LogP contribution in [0.15, 0.2) is 29.6 Å². The lowest BCUT2D eigenvalue weighted by Crippen LogP contribution is -2.53. The summed E-state index contributed by atoms with van der Waals surface area (Å²) in [4.78, 5) is 28.2. The largest absolute Gasteiger partial charge is 0.497 e. The van der Waals surface area contributed by atoms with Crippen molar-refractivity contribution >= 4 is 23.2 Å². The molecule has 0 unspecified atom stereocenters. The first-order chi connectivity index (χ1) is 12.5. The highest BCUT2D eigenvalue weighted by Crippen LogP contribution is 2.28. The highest BCUT2D eigenvalue weighted by molar-refractivity contribution is 7.13. The van der Waals surface area contributed by atoms with Crippen molar-refractivity contribution in [3.8, 4) is 16.3 Å². The molecule has 2 aromatic rings. The fourth-order valence-corrected chi connectivity index (χ4v) is 3.75. The molecular formula is C18H20N2O5S. The number of nitrogens with zero attached hydrogens (tertiary/aromatic N) is 1. The maximum absolute atomic E-state index is 12.6. The highest BCUT2D eigenvalue weighted by Gasteiger charge is 2.37. The quantitative estimate of drug-likeness (QED) is 0.804. The second-order valence-corrected chi connectivity index (χ2v) is 7.04. The molecule has 1 fully saturated rings. The second-order valence-electron chi connectivity index (χ2n) is 6.18. The first-order valence-corrected chi connectivity index (χ1v) is 9.11. The summed E-state index contributed by atoms with van der Waals surface area (Å²) in [6, 6.07) is 7.42. The average molecular weight is 376 g/mol. The molecule has 0 spiro atoms.